The van der Waals surface area contributed by atoms with Crippen molar-refractivity contribution in [3.63, 3.8) is 0 Å². The van der Waals surface area contributed by atoms with Gasteiger partial charge in [0.25, 0.3) is 0 Å². The molecule has 168 valence electrons. The maximum Gasteiger partial charge on any atom is 0.227 e. The molecule has 32 heavy (non-hydrogen) atoms. The van der Waals surface area contributed by atoms with E-state index in [-0.39, 0.29) is 23.7 Å². The summed E-state index contributed by atoms with van der Waals surface area (Å²) in [5, 5.41) is 0. The van der Waals surface area contributed by atoms with E-state index in [1.54, 1.807) is 12.0 Å². The molecule has 0 radical (unpaired) electrons. The molecule has 0 aromatic heterocycles. The quantitative estimate of drug-likeness (QED) is 0.717. The van der Waals surface area contributed by atoms with Crippen LogP contribution in [0.4, 0.5) is 0 Å². The van der Waals surface area contributed by atoms with Crippen molar-refractivity contribution >= 4 is 11.8 Å². The third-order valence-corrected chi connectivity index (χ3v) is 7.88. The summed E-state index contributed by atoms with van der Waals surface area (Å²) in [6, 6.07) is 16.4. The van der Waals surface area contributed by atoms with Crippen molar-refractivity contribution in [2.45, 2.75) is 32.1 Å². The van der Waals surface area contributed by atoms with Crippen LogP contribution in [0.2, 0.25) is 0 Å². The highest BCUT2D eigenvalue weighted by molar-refractivity contribution is 5.85. The van der Waals surface area contributed by atoms with Gasteiger partial charge >= 0.3 is 0 Å². The minimum Gasteiger partial charge on any atom is -0.497 e. The van der Waals surface area contributed by atoms with Crippen molar-refractivity contribution in [1.29, 1.82) is 0 Å². The predicted molar refractivity (Wildman–Crippen MR) is 124 cm³/mol. The highest BCUT2D eigenvalue weighted by Crippen LogP contribution is 2.65. The van der Waals surface area contributed by atoms with Crippen LogP contribution in [0.15, 0.2) is 48.5 Å². The first kappa shape index (κ1) is 21.0. The van der Waals surface area contributed by atoms with E-state index in [4.69, 9.17) is 4.74 Å². The van der Waals surface area contributed by atoms with E-state index in [9.17, 15) is 9.59 Å². The topological polar surface area (TPSA) is 49.9 Å². The maximum absolute atomic E-state index is 13.2. The largest absolute Gasteiger partial charge is 0.497 e. The number of amides is 2. The van der Waals surface area contributed by atoms with Crippen molar-refractivity contribution < 1.29 is 14.3 Å². The van der Waals surface area contributed by atoms with Gasteiger partial charge in [-0.05, 0) is 59.9 Å². The van der Waals surface area contributed by atoms with Gasteiger partial charge in [0.2, 0.25) is 11.8 Å². The summed E-state index contributed by atoms with van der Waals surface area (Å²) >= 11 is 0. The van der Waals surface area contributed by atoms with Gasteiger partial charge in [-0.15, -0.1) is 0 Å². The molecule has 5 nitrogen and oxygen atoms in total. The Kier molecular flexibility index (Phi) is 5.44. The third kappa shape index (κ3) is 3.89. The number of rotatable bonds is 5. The zero-order valence-corrected chi connectivity index (χ0v) is 19.0. The Morgan fingerprint density at radius 2 is 1.69 bits per heavy atom. The number of carbonyl (C=O) groups excluding carboxylic acids is 2. The van der Waals surface area contributed by atoms with E-state index >= 15 is 0 Å². The molecule has 2 amide bonds. The van der Waals surface area contributed by atoms with Gasteiger partial charge < -0.3 is 14.5 Å². The molecular weight excluding hydrogens is 400 g/mol. The monoisotopic (exact) mass is 432 g/mol. The van der Waals surface area contributed by atoms with Crippen LogP contribution in [-0.4, -0.2) is 55.4 Å². The second-order valence-corrected chi connectivity index (χ2v) is 9.84. The highest BCUT2D eigenvalue weighted by Gasteiger charge is 2.61. The molecule has 5 rings (SSSR count). The normalized spacial score (nSPS) is 24.1. The van der Waals surface area contributed by atoms with Gasteiger partial charge in [-0.25, -0.2) is 0 Å². The molecule has 5 heteroatoms. The van der Waals surface area contributed by atoms with E-state index in [2.05, 4.69) is 24.3 Å². The molecule has 2 aromatic carbocycles. The molecular formula is C27H32N2O3. The van der Waals surface area contributed by atoms with E-state index in [0.29, 0.717) is 31.5 Å². The number of hydrogen-bond acceptors (Lipinski definition) is 3. The van der Waals surface area contributed by atoms with Crippen LogP contribution in [0.25, 0.3) is 11.1 Å². The van der Waals surface area contributed by atoms with Crippen LogP contribution in [0.3, 0.4) is 0 Å². The lowest BCUT2D eigenvalue weighted by Crippen LogP contribution is -2.39. The Balaban J connectivity index is 1.27. The van der Waals surface area contributed by atoms with Crippen LogP contribution >= 0.6 is 0 Å². The lowest BCUT2D eigenvalue weighted by Gasteiger charge is -2.29. The van der Waals surface area contributed by atoms with Crippen LogP contribution in [-0.2, 0) is 16.0 Å². The summed E-state index contributed by atoms with van der Waals surface area (Å²) in [4.78, 5) is 30.0. The van der Waals surface area contributed by atoms with Crippen LogP contribution in [0.1, 0.15) is 31.2 Å². The van der Waals surface area contributed by atoms with Crippen LogP contribution < -0.4 is 4.74 Å². The second-order valence-electron chi connectivity index (χ2n) is 9.84. The summed E-state index contributed by atoms with van der Waals surface area (Å²) in [6.07, 6.45) is 5.40. The summed E-state index contributed by atoms with van der Waals surface area (Å²) in [6.45, 7) is 1.81. The number of benzene rings is 2. The SMILES string of the molecule is COc1ccc(-c2ccc(CC3CN(C(=O)C4CC45CCC5)CCN(C)C3=O)cc2)cc1. The fraction of sp³-hybridized carbons (Fsp3) is 0.481. The van der Waals surface area contributed by atoms with Crippen LogP contribution in [0, 0.1) is 17.3 Å². The number of methoxy groups -OCH3 is 1. The average Bonchev–Trinajstić information content (AvgIpc) is 3.58. The van der Waals surface area contributed by atoms with E-state index < -0.39 is 0 Å². The number of likely N-dealkylation sites (N-methyl/N-ethyl adjacent to an activating group) is 1. The van der Waals surface area contributed by atoms with Gasteiger partial charge in [0.15, 0.2) is 0 Å². The van der Waals surface area contributed by atoms with E-state index in [1.807, 2.05) is 36.2 Å². The van der Waals surface area contributed by atoms with Crippen molar-refractivity contribution in [2.75, 3.05) is 33.8 Å². The Morgan fingerprint density at radius 1 is 1.03 bits per heavy atom. The van der Waals surface area contributed by atoms with Gasteiger partial charge in [-0.3, -0.25) is 9.59 Å². The summed E-state index contributed by atoms with van der Waals surface area (Å²) in [7, 11) is 3.53. The number of hydrogen-bond donors (Lipinski definition) is 0. The maximum atomic E-state index is 13.2. The van der Waals surface area contributed by atoms with Crippen molar-refractivity contribution in [1.82, 2.24) is 9.80 Å². The molecule has 1 aliphatic heterocycles. The molecule has 2 unspecified atom stereocenters. The van der Waals surface area contributed by atoms with Crippen molar-refractivity contribution in [3.05, 3.63) is 54.1 Å². The Morgan fingerprint density at radius 3 is 2.25 bits per heavy atom. The first-order valence-electron chi connectivity index (χ1n) is 11.8. The molecule has 1 saturated heterocycles. The lowest BCUT2D eigenvalue weighted by molar-refractivity contribution is -0.135. The first-order valence-corrected chi connectivity index (χ1v) is 11.8. The molecule has 3 fully saturated rings. The summed E-state index contributed by atoms with van der Waals surface area (Å²) < 4.78 is 5.24. The van der Waals surface area contributed by atoms with E-state index in [1.165, 1.54) is 19.3 Å². The second kappa shape index (κ2) is 8.27. The van der Waals surface area contributed by atoms with Crippen molar-refractivity contribution in [3.8, 4) is 16.9 Å². The third-order valence-electron chi connectivity index (χ3n) is 7.88. The molecule has 1 heterocycles. The minimum atomic E-state index is -0.186. The fourth-order valence-corrected chi connectivity index (χ4v) is 5.48. The number of ether oxygens (including phenoxy) is 1. The molecule has 1 spiro atoms. The van der Waals surface area contributed by atoms with Gasteiger partial charge in [-0.2, -0.15) is 0 Å². The number of nitrogens with zero attached hydrogens (tertiary/aromatic N) is 2. The summed E-state index contributed by atoms with van der Waals surface area (Å²) in [5.41, 5.74) is 3.72. The zero-order chi connectivity index (χ0) is 22.3. The Bertz CT molecular complexity index is 995. The minimum absolute atomic E-state index is 0.147. The molecule has 2 aliphatic carbocycles. The lowest BCUT2D eigenvalue weighted by atomic mass is 9.79. The standard InChI is InChI=1S/C27H32N2O3/c1-28-14-15-29(26(31)24-17-27(24)12-3-13-27)18-22(25(28)30)16-19-4-6-20(7-5-19)21-8-10-23(32-2)11-9-21/h4-11,22,24H,3,12-18H2,1-2H3. The first-order chi connectivity index (χ1) is 15.5. The van der Waals surface area contributed by atoms with Gasteiger partial charge in [0.1, 0.15) is 5.75 Å². The van der Waals surface area contributed by atoms with Gasteiger partial charge in [0.05, 0.1) is 13.0 Å². The molecule has 2 saturated carbocycles. The van der Waals surface area contributed by atoms with Gasteiger partial charge in [0, 0.05) is 32.6 Å². The smallest absolute Gasteiger partial charge is 0.227 e. The Labute approximate surface area is 190 Å². The molecule has 0 N–H and O–H groups in total. The molecule has 0 bridgehead atoms. The van der Waals surface area contributed by atoms with Gasteiger partial charge in [-0.1, -0.05) is 42.8 Å². The summed E-state index contributed by atoms with van der Waals surface area (Å²) in [5.74, 6) is 1.30. The average molecular weight is 433 g/mol. The molecule has 2 aromatic rings. The fourth-order valence-electron chi connectivity index (χ4n) is 5.48. The zero-order valence-electron chi connectivity index (χ0n) is 19.0. The molecule has 3 aliphatic rings. The predicted octanol–water partition coefficient (Wildman–Crippen LogP) is 4.01. The molecule has 2 atom stereocenters. The Hall–Kier alpha value is -2.82. The van der Waals surface area contributed by atoms with Crippen LogP contribution in [0.5, 0.6) is 5.75 Å². The highest BCUT2D eigenvalue weighted by atomic mass is 16.5. The number of carbonyl (C=O) groups is 2. The van der Waals surface area contributed by atoms with Crippen molar-refractivity contribution in [2.24, 2.45) is 17.3 Å². The van der Waals surface area contributed by atoms with E-state index in [0.717, 1.165) is 28.9 Å².